The Morgan fingerprint density at radius 1 is 1.20 bits per heavy atom. The van der Waals surface area contributed by atoms with Crippen LogP contribution in [0, 0.1) is 5.82 Å². The van der Waals surface area contributed by atoms with Crippen LogP contribution in [0.25, 0.3) is 0 Å². The van der Waals surface area contributed by atoms with E-state index in [1.54, 1.807) is 6.07 Å². The van der Waals surface area contributed by atoms with E-state index < -0.39 is 24.2 Å². The van der Waals surface area contributed by atoms with Crippen LogP contribution in [-0.2, 0) is 11.4 Å². The van der Waals surface area contributed by atoms with Crippen LogP contribution in [0.15, 0.2) is 33.2 Å². The van der Waals surface area contributed by atoms with Crippen molar-refractivity contribution in [3.8, 4) is 5.75 Å². The van der Waals surface area contributed by atoms with Crippen LogP contribution in [0.1, 0.15) is 35.2 Å². The number of rotatable bonds is 8. The van der Waals surface area contributed by atoms with Gasteiger partial charge in [-0.05, 0) is 75.4 Å². The summed E-state index contributed by atoms with van der Waals surface area (Å²) in [4.78, 5) is 22.7. The number of carbonyl (C=O) groups is 2. The molecule has 0 bridgehead atoms. The largest absolute Gasteiger partial charge is 0.486 e. The number of carboxylic acids is 1. The second kappa shape index (κ2) is 9.98. The molecule has 0 saturated heterocycles. The summed E-state index contributed by atoms with van der Waals surface area (Å²) in [5.41, 5.74) is 0.893. The van der Waals surface area contributed by atoms with Crippen molar-refractivity contribution in [1.29, 1.82) is 0 Å². The number of carboxylic acid groups (broad SMARTS) is 1. The first-order valence-electron chi connectivity index (χ1n) is 9.11. The predicted molar refractivity (Wildman–Crippen MR) is 119 cm³/mol. The Morgan fingerprint density at radius 3 is 2.43 bits per heavy atom. The molecule has 0 spiro atoms. The second-order valence-electron chi connectivity index (χ2n) is 6.83. The van der Waals surface area contributed by atoms with Crippen LogP contribution in [0.3, 0.4) is 0 Å². The smallest absolute Gasteiger partial charge is 0.322 e. The van der Waals surface area contributed by atoms with Gasteiger partial charge in [0.2, 0.25) is 0 Å². The maximum Gasteiger partial charge on any atom is 0.322 e. The van der Waals surface area contributed by atoms with Crippen molar-refractivity contribution in [2.75, 3.05) is 11.9 Å². The van der Waals surface area contributed by atoms with E-state index in [1.165, 1.54) is 18.2 Å². The van der Waals surface area contributed by atoms with Crippen molar-refractivity contribution in [3.63, 3.8) is 0 Å². The summed E-state index contributed by atoms with van der Waals surface area (Å²) in [6, 6.07) is 6.33. The lowest BCUT2D eigenvalue weighted by Crippen LogP contribution is -2.29. The van der Waals surface area contributed by atoms with Gasteiger partial charge in [-0.25, -0.2) is 4.39 Å². The van der Waals surface area contributed by atoms with Crippen LogP contribution in [0.5, 0.6) is 5.75 Å². The molecular weight excluding hydrogens is 546 g/mol. The van der Waals surface area contributed by atoms with E-state index >= 15 is 0 Å². The van der Waals surface area contributed by atoms with E-state index in [9.17, 15) is 14.0 Å². The van der Waals surface area contributed by atoms with Gasteiger partial charge in [-0.1, -0.05) is 11.6 Å². The Hall–Kier alpha value is -1.84. The first-order valence-corrected chi connectivity index (χ1v) is 11.1. The quantitative estimate of drug-likeness (QED) is 0.402. The molecule has 2 aromatic rings. The molecule has 1 aliphatic carbocycles. The average Bonchev–Trinajstić information content (AvgIpc) is 2.64. The maximum absolute atomic E-state index is 14.9. The number of nitrogens with one attached hydrogen (secondary N) is 2. The molecule has 1 aliphatic rings. The number of anilines is 1. The Morgan fingerprint density at radius 2 is 1.87 bits per heavy atom. The minimum absolute atomic E-state index is 0.0759. The fraction of sp³-hybridized carbons (Fsp3) is 0.300. The van der Waals surface area contributed by atoms with Crippen LogP contribution < -0.4 is 15.4 Å². The third kappa shape index (κ3) is 5.65. The van der Waals surface area contributed by atoms with Crippen LogP contribution in [-0.4, -0.2) is 29.6 Å². The summed E-state index contributed by atoms with van der Waals surface area (Å²) in [6.07, 6.45) is 3.14. The Kier molecular flexibility index (Phi) is 7.60. The van der Waals surface area contributed by atoms with Gasteiger partial charge in [0.1, 0.15) is 18.9 Å². The summed E-state index contributed by atoms with van der Waals surface area (Å²) >= 11 is 12.8. The summed E-state index contributed by atoms with van der Waals surface area (Å²) in [5.74, 6) is -1.73. The number of ether oxygens (including phenoxy) is 1. The highest BCUT2D eigenvalue weighted by molar-refractivity contribution is 9.11. The molecule has 0 radical (unpaired) electrons. The molecule has 1 saturated carbocycles. The minimum Gasteiger partial charge on any atom is -0.486 e. The summed E-state index contributed by atoms with van der Waals surface area (Å²) in [5, 5.41) is 14.5. The maximum atomic E-state index is 14.9. The van der Waals surface area contributed by atoms with Gasteiger partial charge in [-0.2, -0.15) is 0 Å². The summed E-state index contributed by atoms with van der Waals surface area (Å²) in [7, 11) is 0. The number of hydrogen-bond acceptors (Lipinski definition) is 4. The summed E-state index contributed by atoms with van der Waals surface area (Å²) in [6.45, 7) is -0.564. The second-order valence-corrected chi connectivity index (χ2v) is 8.98. The van der Waals surface area contributed by atoms with E-state index in [-0.39, 0.29) is 18.2 Å². The number of benzene rings is 2. The Balaban J connectivity index is 1.74. The Labute approximate surface area is 194 Å². The van der Waals surface area contributed by atoms with Gasteiger partial charge in [-0.3, -0.25) is 9.59 Å². The molecule has 3 N–H and O–H groups in total. The molecule has 0 aromatic heterocycles. The molecule has 160 valence electrons. The monoisotopic (exact) mass is 562 g/mol. The van der Waals surface area contributed by atoms with Gasteiger partial charge in [0, 0.05) is 22.2 Å². The summed E-state index contributed by atoms with van der Waals surface area (Å²) < 4.78 is 21.6. The molecule has 1 amide bonds. The van der Waals surface area contributed by atoms with Crippen molar-refractivity contribution < 1.29 is 23.8 Å². The van der Waals surface area contributed by atoms with E-state index in [4.69, 9.17) is 21.4 Å². The molecule has 2 aromatic carbocycles. The zero-order chi connectivity index (χ0) is 21.8. The van der Waals surface area contributed by atoms with E-state index in [0.717, 1.165) is 19.3 Å². The highest BCUT2D eigenvalue weighted by Crippen LogP contribution is 2.36. The fourth-order valence-corrected chi connectivity index (χ4v) is 4.52. The molecule has 0 atom stereocenters. The Bertz CT molecular complexity index is 963. The van der Waals surface area contributed by atoms with Gasteiger partial charge in [0.05, 0.1) is 14.6 Å². The molecule has 10 heteroatoms. The van der Waals surface area contributed by atoms with Crippen LogP contribution >= 0.6 is 43.5 Å². The lowest BCUT2D eigenvalue weighted by molar-refractivity contribution is -0.135. The highest BCUT2D eigenvalue weighted by atomic mass is 79.9. The van der Waals surface area contributed by atoms with E-state index in [0.29, 0.717) is 31.0 Å². The molecular formula is C20H18Br2ClFN2O4. The molecule has 30 heavy (non-hydrogen) atoms. The topological polar surface area (TPSA) is 87.7 Å². The molecule has 0 heterocycles. The zero-order valence-electron chi connectivity index (χ0n) is 15.6. The SMILES string of the molecule is O=C(O)CNC(=O)c1cc(Br)c(OCc2cc(Cl)cc(NC3CCC3)c2F)c(Br)c1. The highest BCUT2D eigenvalue weighted by Gasteiger charge is 2.21. The van der Waals surface area contributed by atoms with Gasteiger partial charge in [-0.15, -0.1) is 0 Å². The first kappa shape index (κ1) is 22.8. The predicted octanol–water partition coefficient (Wildman–Crippen LogP) is 5.36. The lowest BCUT2D eigenvalue weighted by Gasteiger charge is -2.28. The van der Waals surface area contributed by atoms with Crippen molar-refractivity contribution in [3.05, 3.63) is 55.2 Å². The van der Waals surface area contributed by atoms with Gasteiger partial charge in [0.25, 0.3) is 5.91 Å². The fourth-order valence-electron chi connectivity index (χ4n) is 2.87. The van der Waals surface area contributed by atoms with Crippen molar-refractivity contribution in [2.45, 2.75) is 31.9 Å². The van der Waals surface area contributed by atoms with E-state index in [1.807, 2.05) is 0 Å². The third-order valence-electron chi connectivity index (χ3n) is 4.61. The average molecular weight is 565 g/mol. The number of carbonyl (C=O) groups excluding carboxylic acids is 1. The van der Waals surface area contributed by atoms with Gasteiger partial charge < -0.3 is 20.5 Å². The molecule has 0 unspecified atom stereocenters. The number of amides is 1. The molecule has 6 nitrogen and oxygen atoms in total. The van der Waals surface area contributed by atoms with Crippen LogP contribution in [0.2, 0.25) is 5.02 Å². The number of aliphatic carboxylic acids is 1. The van der Waals surface area contributed by atoms with Gasteiger partial charge >= 0.3 is 5.97 Å². The number of halogens is 4. The normalized spacial score (nSPS) is 13.5. The minimum atomic E-state index is -1.14. The van der Waals surface area contributed by atoms with Crippen molar-refractivity contribution in [1.82, 2.24) is 5.32 Å². The standard InChI is InChI=1S/C20H18Br2ClFN2O4/c21-14-5-10(20(29)25-8-17(27)28)6-15(22)19(14)30-9-11-4-12(23)7-16(18(11)24)26-13-2-1-3-13/h4-7,13,26H,1-3,8-9H2,(H,25,29)(H,27,28). The molecule has 3 rings (SSSR count). The van der Waals surface area contributed by atoms with Crippen LogP contribution in [0.4, 0.5) is 10.1 Å². The van der Waals surface area contributed by atoms with Crippen molar-refractivity contribution in [2.24, 2.45) is 0 Å². The van der Waals surface area contributed by atoms with Crippen molar-refractivity contribution >= 4 is 61.0 Å². The lowest BCUT2D eigenvalue weighted by atomic mass is 9.93. The number of hydrogen-bond donors (Lipinski definition) is 3. The molecule has 0 aliphatic heterocycles. The first-order chi connectivity index (χ1) is 14.2. The zero-order valence-corrected chi connectivity index (χ0v) is 19.5. The third-order valence-corrected chi connectivity index (χ3v) is 6.01. The van der Waals surface area contributed by atoms with E-state index in [2.05, 4.69) is 42.5 Å². The molecule has 1 fully saturated rings. The van der Waals surface area contributed by atoms with Gasteiger partial charge in [0.15, 0.2) is 5.82 Å².